The number of hydrogen-bond acceptors (Lipinski definition) is 9. The van der Waals surface area contributed by atoms with Gasteiger partial charge in [0.2, 0.25) is 0 Å². The first-order valence-corrected chi connectivity index (χ1v) is 23.3. The van der Waals surface area contributed by atoms with E-state index in [1.54, 1.807) is 20.2 Å². The second kappa shape index (κ2) is 25.0. The van der Waals surface area contributed by atoms with E-state index in [0.717, 1.165) is 68.7 Å². The van der Waals surface area contributed by atoms with Crippen molar-refractivity contribution in [3.8, 4) is 0 Å². The summed E-state index contributed by atoms with van der Waals surface area (Å²) in [5.74, 6) is 0. The van der Waals surface area contributed by atoms with Crippen LogP contribution in [0.25, 0.3) is 0 Å². The number of quaternary nitrogens is 1. The molecule has 12 nitrogen and oxygen atoms in total. The highest BCUT2D eigenvalue weighted by atomic mass is 127. The maximum absolute atomic E-state index is 13.2. The molecule has 0 aliphatic carbocycles. The van der Waals surface area contributed by atoms with Crippen LogP contribution in [-0.4, -0.2) is 56.3 Å². The first-order chi connectivity index (χ1) is 27.8. The number of fused-ring (bicyclic) bond motifs is 4. The van der Waals surface area contributed by atoms with E-state index >= 15 is 0 Å². The van der Waals surface area contributed by atoms with Crippen molar-refractivity contribution in [1.29, 1.82) is 0 Å². The van der Waals surface area contributed by atoms with Crippen molar-refractivity contribution in [3.05, 3.63) is 116 Å². The fraction of sp³-hybridized carbons (Fsp3) is 0.395. The standard InChI is InChI=1S/C21H28N2O2S.C20H25IN2O2S.2CO2.ClH/c1-4-5-6-9-14-22-21-17-10-7-8-11-19(17)23(3)26(24,25)20-15-16(2)12-13-18(20)21;1-3-4-5-8-13-22-20-16-9-6-7-10-18(16)23(2)26(24,25)19-14-15(21)11-12-17(19)20;2*2-1-3;/h7-8,10-13,15,21-22H,4-6,9,14H2,1-3H3;6-7,9-12,14,20,22H,3-5,8,13H2,1-2H3;;;1H. The molecule has 59 heavy (non-hydrogen) atoms. The van der Waals surface area contributed by atoms with Gasteiger partial charge in [-0.25, -0.2) is 16.8 Å². The van der Waals surface area contributed by atoms with Gasteiger partial charge in [0, 0.05) is 28.8 Å². The van der Waals surface area contributed by atoms with Gasteiger partial charge in [-0.05, 0) is 102 Å². The average Bonchev–Trinajstić information content (AvgIpc) is 3.32. The molecule has 6 rings (SSSR count). The highest BCUT2D eigenvalue weighted by Crippen LogP contribution is 2.41. The number of sulfonamides is 2. The normalized spacial score (nSPS) is 16.2. The molecular weight excluding hydrogens is 927 g/mol. The van der Waals surface area contributed by atoms with Gasteiger partial charge in [0.15, 0.2) is 0 Å². The van der Waals surface area contributed by atoms with Crippen molar-refractivity contribution < 1.29 is 53.7 Å². The number of anilines is 2. The van der Waals surface area contributed by atoms with Crippen molar-refractivity contribution in [2.75, 3.05) is 35.8 Å². The number of aryl methyl sites for hydroxylation is 1. The number of benzene rings is 4. The van der Waals surface area contributed by atoms with Gasteiger partial charge in [0.05, 0.1) is 33.8 Å². The Morgan fingerprint density at radius 3 is 1.71 bits per heavy atom. The van der Waals surface area contributed by atoms with Gasteiger partial charge < -0.3 is 23.0 Å². The van der Waals surface area contributed by atoms with Crippen LogP contribution in [0.15, 0.2) is 94.7 Å². The summed E-state index contributed by atoms with van der Waals surface area (Å²) in [7, 11) is -3.83. The van der Waals surface area contributed by atoms with Gasteiger partial charge >= 0.3 is 12.3 Å². The quantitative estimate of drug-likeness (QED) is 0.158. The number of nitrogens with two attached hydrogens (primary N) is 1. The summed E-state index contributed by atoms with van der Waals surface area (Å²) in [4.78, 5) is 33.3. The first-order valence-electron chi connectivity index (χ1n) is 19.4. The molecule has 320 valence electrons. The molecule has 4 aromatic rings. The van der Waals surface area contributed by atoms with Crippen LogP contribution in [0.5, 0.6) is 0 Å². The molecule has 2 aliphatic heterocycles. The minimum absolute atomic E-state index is 0. The predicted octanol–water partition coefficient (Wildman–Crippen LogP) is 3.89. The molecule has 3 N–H and O–H groups in total. The van der Waals surface area contributed by atoms with Gasteiger partial charge in [0.1, 0.15) is 6.04 Å². The van der Waals surface area contributed by atoms with Gasteiger partial charge in [-0.3, -0.25) is 8.61 Å². The Bertz CT molecular complexity index is 2110. The molecule has 0 saturated heterocycles. The topological polar surface area (TPSA) is 172 Å². The number of halogens is 2. The summed E-state index contributed by atoms with van der Waals surface area (Å²) >= 11 is 2.17. The number of hydrogen-bond donors (Lipinski definition) is 2. The molecule has 0 saturated carbocycles. The zero-order valence-electron chi connectivity index (χ0n) is 34.1. The lowest BCUT2D eigenvalue weighted by atomic mass is 9.96. The van der Waals surface area contributed by atoms with Crippen molar-refractivity contribution in [3.63, 3.8) is 0 Å². The summed E-state index contributed by atoms with van der Waals surface area (Å²) in [6, 6.07) is 27.1. The molecule has 16 heteroatoms. The third kappa shape index (κ3) is 13.0. The van der Waals surface area contributed by atoms with Crippen LogP contribution in [0.3, 0.4) is 0 Å². The summed E-state index contributed by atoms with van der Waals surface area (Å²) in [5.41, 5.74) is 6.28. The predicted molar refractivity (Wildman–Crippen MR) is 231 cm³/mol. The number of unbranched alkanes of at least 4 members (excludes halogenated alkanes) is 6. The van der Waals surface area contributed by atoms with Crippen LogP contribution >= 0.6 is 22.6 Å². The SMILES string of the molecule is CCCCCCNC1c2ccccc2N(C)S(=O)(=O)c2cc(I)ccc21.CCCCCC[NH2+]C1c2ccccc2N(C)S(=O)(=O)c2cc(C)ccc21.O=C=O.O=C=O.[Cl-]. The number of nitrogens with zero attached hydrogens (tertiary/aromatic N) is 2. The average molecular weight is 981 g/mol. The Balaban J connectivity index is 0.000000354. The Kier molecular flexibility index (Phi) is 21.7. The second-order valence-electron chi connectivity index (χ2n) is 14.0. The van der Waals surface area contributed by atoms with Gasteiger partial charge in [-0.1, -0.05) is 101 Å². The number of nitrogens with one attached hydrogen (secondary N) is 1. The van der Waals surface area contributed by atoms with Crippen LogP contribution in [0.2, 0.25) is 0 Å². The zero-order valence-corrected chi connectivity index (χ0v) is 38.7. The van der Waals surface area contributed by atoms with Crippen molar-refractivity contribution in [1.82, 2.24) is 5.32 Å². The second-order valence-corrected chi connectivity index (χ2v) is 19.1. The molecule has 2 heterocycles. The highest BCUT2D eigenvalue weighted by molar-refractivity contribution is 14.1. The van der Waals surface area contributed by atoms with Crippen LogP contribution in [0.4, 0.5) is 11.4 Å². The maximum atomic E-state index is 13.2. The third-order valence-electron chi connectivity index (χ3n) is 10.1. The largest absolute Gasteiger partial charge is 1.00 e. The van der Waals surface area contributed by atoms with E-state index < -0.39 is 20.0 Å². The molecule has 0 aromatic heterocycles. The molecule has 2 aliphatic rings. The van der Waals surface area contributed by atoms with Crippen molar-refractivity contribution in [2.45, 2.75) is 94.0 Å². The van der Waals surface area contributed by atoms with E-state index in [1.807, 2.05) is 79.7 Å². The summed E-state index contributed by atoms with van der Waals surface area (Å²) < 4.78 is 56.6. The molecule has 0 radical (unpaired) electrons. The van der Waals surface area contributed by atoms with Gasteiger partial charge in [0.25, 0.3) is 20.0 Å². The molecule has 0 spiro atoms. The summed E-state index contributed by atoms with van der Waals surface area (Å²) in [6.07, 6.45) is 10.1. The molecule has 2 unspecified atom stereocenters. The van der Waals surface area contributed by atoms with E-state index in [2.05, 4.69) is 53.1 Å². The van der Waals surface area contributed by atoms with E-state index in [9.17, 15) is 16.8 Å². The van der Waals surface area contributed by atoms with E-state index in [-0.39, 0.29) is 36.8 Å². The van der Waals surface area contributed by atoms with Crippen molar-refractivity contribution >= 4 is 66.3 Å². The molecular formula is C43H54ClIN4O8S2. The Hall–Kier alpha value is -3.92. The third-order valence-corrected chi connectivity index (χ3v) is 14.4. The molecule has 0 amide bonds. The fourth-order valence-corrected chi connectivity index (χ4v) is 10.9. The lowest BCUT2D eigenvalue weighted by Crippen LogP contribution is -3.00. The molecule has 0 bridgehead atoms. The number of carbonyl (C=O) groups excluding carboxylic acids is 4. The van der Waals surface area contributed by atoms with Crippen LogP contribution in [-0.2, 0) is 39.2 Å². The lowest BCUT2D eigenvalue weighted by molar-refractivity contribution is -0.687. The molecule has 4 aromatic carbocycles. The van der Waals surface area contributed by atoms with Crippen LogP contribution in [0.1, 0.15) is 105 Å². The number of para-hydroxylation sites is 2. The Labute approximate surface area is 369 Å². The van der Waals surface area contributed by atoms with Crippen molar-refractivity contribution in [2.24, 2.45) is 0 Å². The summed E-state index contributed by atoms with van der Waals surface area (Å²) in [5, 5.41) is 5.92. The maximum Gasteiger partial charge on any atom is 0.373 e. The summed E-state index contributed by atoms with van der Waals surface area (Å²) in [6.45, 7) is 8.22. The molecule has 2 atom stereocenters. The fourth-order valence-electron chi connectivity index (χ4n) is 7.16. The number of rotatable bonds is 12. The minimum Gasteiger partial charge on any atom is -1.00 e. The van der Waals surface area contributed by atoms with E-state index in [1.165, 1.54) is 47.1 Å². The zero-order chi connectivity index (χ0) is 42.9. The van der Waals surface area contributed by atoms with E-state index in [4.69, 9.17) is 19.2 Å². The monoisotopic (exact) mass is 980 g/mol. The minimum atomic E-state index is -3.58. The smallest absolute Gasteiger partial charge is 0.373 e. The van der Waals surface area contributed by atoms with Crippen LogP contribution in [0, 0.1) is 10.5 Å². The van der Waals surface area contributed by atoms with Gasteiger partial charge in [-0.2, -0.15) is 19.2 Å². The van der Waals surface area contributed by atoms with Crippen LogP contribution < -0.4 is 31.7 Å². The Morgan fingerprint density at radius 1 is 0.644 bits per heavy atom. The molecule has 0 fully saturated rings. The highest BCUT2D eigenvalue weighted by Gasteiger charge is 2.37. The van der Waals surface area contributed by atoms with Gasteiger partial charge in [-0.15, -0.1) is 0 Å². The first kappa shape index (κ1) is 51.2. The Morgan fingerprint density at radius 2 is 1.14 bits per heavy atom. The van der Waals surface area contributed by atoms with E-state index in [0.29, 0.717) is 9.79 Å². The lowest BCUT2D eigenvalue weighted by Gasteiger charge is -2.22.